The zero-order valence-corrected chi connectivity index (χ0v) is 15.1. The summed E-state index contributed by atoms with van der Waals surface area (Å²) in [5.41, 5.74) is 2.12. The minimum absolute atomic E-state index is 0.0310. The molecule has 0 amide bonds. The van der Waals surface area contributed by atoms with Gasteiger partial charge in [0.2, 0.25) is 5.95 Å². The molecule has 25 heavy (non-hydrogen) atoms. The van der Waals surface area contributed by atoms with Crippen molar-refractivity contribution in [3.8, 4) is 0 Å². The number of hydrogen-bond donors (Lipinski definition) is 0. The minimum atomic E-state index is -0.0573. The molecule has 0 unspecified atom stereocenters. The maximum atomic E-state index is 12.1. The van der Waals surface area contributed by atoms with E-state index < -0.39 is 0 Å². The maximum Gasteiger partial charge on any atom is 0.266 e. The third-order valence-corrected chi connectivity index (χ3v) is 5.01. The highest BCUT2D eigenvalue weighted by atomic mass is 16.1. The van der Waals surface area contributed by atoms with Gasteiger partial charge in [-0.3, -0.25) is 4.79 Å². The first-order chi connectivity index (χ1) is 11.9. The van der Waals surface area contributed by atoms with Crippen molar-refractivity contribution in [3.05, 3.63) is 46.1 Å². The SMILES string of the molecule is CC(C)(C)c1ccc(=O)n(CC2CN(c3ncc(C4CC4)cn3)C2)n1. The van der Waals surface area contributed by atoms with Gasteiger partial charge in [0.25, 0.3) is 5.56 Å². The predicted octanol–water partition coefficient (Wildman–Crippen LogP) is 2.34. The van der Waals surface area contributed by atoms with Crippen molar-refractivity contribution in [1.82, 2.24) is 19.7 Å². The molecular weight excluding hydrogens is 314 g/mol. The monoisotopic (exact) mass is 339 g/mol. The Morgan fingerprint density at radius 2 is 1.80 bits per heavy atom. The van der Waals surface area contributed by atoms with Gasteiger partial charge >= 0.3 is 0 Å². The summed E-state index contributed by atoms with van der Waals surface area (Å²) in [6.45, 7) is 8.72. The standard InChI is InChI=1S/C19H25N5O/c1-19(2,3)16-6-7-17(25)24(22-16)12-13-10-23(11-13)18-20-8-15(9-21-18)14-4-5-14/h6-9,13-14H,4-5,10-12H2,1-3H3. The Morgan fingerprint density at radius 1 is 1.12 bits per heavy atom. The highest BCUT2D eigenvalue weighted by molar-refractivity contribution is 5.35. The van der Waals surface area contributed by atoms with Gasteiger partial charge in [0.1, 0.15) is 0 Å². The van der Waals surface area contributed by atoms with E-state index in [0.29, 0.717) is 18.4 Å². The van der Waals surface area contributed by atoms with Crippen LogP contribution in [0, 0.1) is 5.92 Å². The summed E-state index contributed by atoms with van der Waals surface area (Å²) in [7, 11) is 0. The van der Waals surface area contributed by atoms with Gasteiger partial charge in [0, 0.05) is 42.9 Å². The molecule has 1 saturated heterocycles. The van der Waals surface area contributed by atoms with Gasteiger partial charge in [-0.05, 0) is 30.4 Å². The highest BCUT2D eigenvalue weighted by Crippen LogP contribution is 2.39. The van der Waals surface area contributed by atoms with Crippen molar-refractivity contribution < 1.29 is 0 Å². The van der Waals surface area contributed by atoms with Crippen molar-refractivity contribution in [1.29, 1.82) is 0 Å². The third-order valence-electron chi connectivity index (χ3n) is 5.01. The molecule has 0 radical (unpaired) electrons. The molecule has 6 heteroatoms. The van der Waals surface area contributed by atoms with Crippen molar-refractivity contribution in [2.75, 3.05) is 18.0 Å². The number of nitrogens with zero attached hydrogens (tertiary/aromatic N) is 5. The van der Waals surface area contributed by atoms with Gasteiger partial charge in [-0.15, -0.1) is 0 Å². The van der Waals surface area contributed by atoms with Crippen LogP contribution in [0.1, 0.15) is 50.8 Å². The van der Waals surface area contributed by atoms with Crippen LogP contribution in [0.5, 0.6) is 0 Å². The first-order valence-corrected chi connectivity index (χ1v) is 9.06. The Morgan fingerprint density at radius 3 is 2.40 bits per heavy atom. The van der Waals surface area contributed by atoms with Crippen molar-refractivity contribution in [2.24, 2.45) is 5.92 Å². The predicted molar refractivity (Wildman–Crippen MR) is 96.9 cm³/mol. The van der Waals surface area contributed by atoms with E-state index in [4.69, 9.17) is 0 Å². The molecule has 1 aliphatic carbocycles. The summed E-state index contributed by atoms with van der Waals surface area (Å²) >= 11 is 0. The Hall–Kier alpha value is -2.24. The van der Waals surface area contributed by atoms with Crippen LogP contribution in [0.15, 0.2) is 29.3 Å². The molecule has 2 aromatic heterocycles. The summed E-state index contributed by atoms with van der Waals surface area (Å²) in [4.78, 5) is 23.3. The average Bonchev–Trinajstić information content (AvgIpc) is 3.36. The van der Waals surface area contributed by atoms with Gasteiger partial charge in [0.15, 0.2) is 0 Å². The molecule has 1 saturated carbocycles. The lowest BCUT2D eigenvalue weighted by Crippen LogP contribution is -2.50. The van der Waals surface area contributed by atoms with Crippen LogP contribution in [-0.4, -0.2) is 32.8 Å². The van der Waals surface area contributed by atoms with Crippen molar-refractivity contribution >= 4 is 5.95 Å². The van der Waals surface area contributed by atoms with Crippen LogP contribution in [0.3, 0.4) is 0 Å². The van der Waals surface area contributed by atoms with Gasteiger partial charge in [-0.1, -0.05) is 20.8 Å². The molecule has 4 rings (SSSR count). The lowest BCUT2D eigenvalue weighted by molar-refractivity contribution is 0.326. The van der Waals surface area contributed by atoms with E-state index in [1.807, 2.05) is 18.5 Å². The lowest BCUT2D eigenvalue weighted by atomic mass is 9.92. The molecule has 0 spiro atoms. The van der Waals surface area contributed by atoms with E-state index in [9.17, 15) is 4.79 Å². The van der Waals surface area contributed by atoms with E-state index in [2.05, 4.69) is 40.7 Å². The zero-order valence-electron chi connectivity index (χ0n) is 15.1. The second-order valence-electron chi connectivity index (χ2n) is 8.35. The molecule has 3 heterocycles. The number of hydrogen-bond acceptors (Lipinski definition) is 5. The summed E-state index contributed by atoms with van der Waals surface area (Å²) in [6, 6.07) is 3.46. The Balaban J connectivity index is 1.39. The molecule has 0 N–H and O–H groups in total. The van der Waals surface area contributed by atoms with E-state index in [-0.39, 0.29) is 11.0 Å². The van der Waals surface area contributed by atoms with Crippen LogP contribution >= 0.6 is 0 Å². The van der Waals surface area contributed by atoms with Crippen LogP contribution < -0.4 is 10.5 Å². The Labute approximate surface area is 147 Å². The largest absolute Gasteiger partial charge is 0.340 e. The van der Waals surface area contributed by atoms with E-state index in [1.54, 1.807) is 10.7 Å². The van der Waals surface area contributed by atoms with Gasteiger partial charge in [-0.2, -0.15) is 5.10 Å². The smallest absolute Gasteiger partial charge is 0.266 e. The van der Waals surface area contributed by atoms with Crippen LogP contribution in [-0.2, 0) is 12.0 Å². The fraction of sp³-hybridized carbons (Fsp3) is 0.579. The fourth-order valence-corrected chi connectivity index (χ4v) is 3.19. The molecular formula is C19H25N5O. The van der Waals surface area contributed by atoms with Crippen LogP contribution in [0.2, 0.25) is 0 Å². The molecule has 2 aromatic rings. The quantitative estimate of drug-likeness (QED) is 0.855. The number of rotatable bonds is 4. The normalized spacial score (nSPS) is 18.3. The first-order valence-electron chi connectivity index (χ1n) is 9.06. The first kappa shape index (κ1) is 16.2. The van der Waals surface area contributed by atoms with E-state index in [0.717, 1.165) is 24.7 Å². The Bertz CT molecular complexity index is 811. The van der Waals surface area contributed by atoms with E-state index in [1.165, 1.54) is 18.4 Å². The van der Waals surface area contributed by atoms with Crippen molar-refractivity contribution in [3.63, 3.8) is 0 Å². The fourth-order valence-electron chi connectivity index (χ4n) is 3.19. The summed E-state index contributed by atoms with van der Waals surface area (Å²) in [5, 5.41) is 4.56. The molecule has 6 nitrogen and oxygen atoms in total. The van der Waals surface area contributed by atoms with Crippen molar-refractivity contribution in [2.45, 2.75) is 51.5 Å². The molecule has 2 fully saturated rings. The average molecular weight is 339 g/mol. The Kier molecular flexibility index (Phi) is 3.85. The van der Waals surface area contributed by atoms with Gasteiger partial charge in [-0.25, -0.2) is 14.6 Å². The molecule has 132 valence electrons. The summed E-state index contributed by atoms with van der Waals surface area (Å²) in [6.07, 6.45) is 6.46. The topological polar surface area (TPSA) is 63.9 Å². The second kappa shape index (κ2) is 5.93. The van der Waals surface area contributed by atoms with Gasteiger partial charge < -0.3 is 4.90 Å². The van der Waals surface area contributed by atoms with Gasteiger partial charge in [0.05, 0.1) is 12.2 Å². The second-order valence-corrected chi connectivity index (χ2v) is 8.35. The lowest BCUT2D eigenvalue weighted by Gasteiger charge is -2.39. The maximum absolute atomic E-state index is 12.1. The third kappa shape index (κ3) is 3.43. The highest BCUT2D eigenvalue weighted by Gasteiger charge is 2.30. The molecule has 0 bridgehead atoms. The van der Waals surface area contributed by atoms with Crippen LogP contribution in [0.25, 0.3) is 0 Å². The van der Waals surface area contributed by atoms with Crippen LogP contribution in [0.4, 0.5) is 5.95 Å². The number of anilines is 1. The minimum Gasteiger partial charge on any atom is -0.340 e. The van der Waals surface area contributed by atoms with E-state index >= 15 is 0 Å². The summed E-state index contributed by atoms with van der Waals surface area (Å²) in [5.74, 6) is 1.89. The molecule has 0 aromatic carbocycles. The summed E-state index contributed by atoms with van der Waals surface area (Å²) < 4.78 is 1.61. The molecule has 2 aliphatic rings. The molecule has 0 atom stereocenters. The zero-order chi connectivity index (χ0) is 17.6. The molecule has 1 aliphatic heterocycles. The number of aromatic nitrogens is 4.